The Balaban J connectivity index is 1.67. The van der Waals surface area contributed by atoms with Gasteiger partial charge in [0, 0.05) is 31.8 Å². The fraction of sp³-hybridized carbons (Fsp3) is 1.00. The average Bonchev–Trinajstić information content (AvgIpc) is 2.80. The summed E-state index contributed by atoms with van der Waals surface area (Å²) in [6, 6.07) is 1.49. The molecule has 0 amide bonds. The maximum absolute atomic E-state index is 5.44. The summed E-state index contributed by atoms with van der Waals surface area (Å²) in [5, 5.41) is 3.62. The van der Waals surface area contributed by atoms with Gasteiger partial charge in [0.15, 0.2) is 0 Å². The standard InChI is InChI=1S/C12H24N2O/c1-2-6-13-11-3-7-14(8-4-11)12-5-9-15-10-12/h11-13H,2-10H2,1H3. The number of rotatable bonds is 4. The van der Waals surface area contributed by atoms with Gasteiger partial charge in [0.2, 0.25) is 0 Å². The lowest BCUT2D eigenvalue weighted by Gasteiger charge is -2.35. The van der Waals surface area contributed by atoms with Crippen molar-refractivity contribution in [1.29, 1.82) is 0 Å². The van der Waals surface area contributed by atoms with E-state index in [2.05, 4.69) is 17.1 Å². The van der Waals surface area contributed by atoms with Crippen molar-refractivity contribution in [3.8, 4) is 0 Å². The summed E-state index contributed by atoms with van der Waals surface area (Å²) in [6.07, 6.45) is 5.12. The quantitative estimate of drug-likeness (QED) is 0.759. The van der Waals surface area contributed by atoms with E-state index in [0.29, 0.717) is 0 Å². The third-order valence-corrected chi connectivity index (χ3v) is 3.63. The molecule has 2 rings (SSSR count). The molecule has 1 N–H and O–H groups in total. The van der Waals surface area contributed by atoms with Crippen LogP contribution in [-0.2, 0) is 4.74 Å². The monoisotopic (exact) mass is 212 g/mol. The van der Waals surface area contributed by atoms with E-state index < -0.39 is 0 Å². The molecule has 0 radical (unpaired) electrons. The predicted octanol–water partition coefficient (Wildman–Crippen LogP) is 1.24. The van der Waals surface area contributed by atoms with Gasteiger partial charge in [0.05, 0.1) is 6.61 Å². The number of hydrogen-bond acceptors (Lipinski definition) is 3. The van der Waals surface area contributed by atoms with Gasteiger partial charge in [-0.1, -0.05) is 6.92 Å². The number of nitrogens with one attached hydrogen (secondary N) is 1. The highest BCUT2D eigenvalue weighted by Crippen LogP contribution is 2.18. The maximum Gasteiger partial charge on any atom is 0.0622 e. The van der Waals surface area contributed by atoms with Gasteiger partial charge in [-0.15, -0.1) is 0 Å². The first-order valence-corrected chi connectivity index (χ1v) is 6.45. The molecule has 2 heterocycles. The molecular weight excluding hydrogens is 188 g/mol. The minimum atomic E-state index is 0.720. The fourth-order valence-corrected chi connectivity index (χ4v) is 2.63. The Morgan fingerprint density at radius 3 is 2.67 bits per heavy atom. The molecule has 15 heavy (non-hydrogen) atoms. The van der Waals surface area contributed by atoms with Gasteiger partial charge in [0.1, 0.15) is 0 Å². The lowest BCUT2D eigenvalue weighted by molar-refractivity contribution is 0.117. The minimum absolute atomic E-state index is 0.720. The summed E-state index contributed by atoms with van der Waals surface area (Å²) in [5.41, 5.74) is 0. The van der Waals surface area contributed by atoms with Crippen molar-refractivity contribution in [2.75, 3.05) is 32.8 Å². The summed E-state index contributed by atoms with van der Waals surface area (Å²) in [5.74, 6) is 0. The van der Waals surface area contributed by atoms with Crippen molar-refractivity contribution in [2.24, 2.45) is 0 Å². The Kier molecular flexibility index (Phi) is 4.42. The van der Waals surface area contributed by atoms with E-state index in [0.717, 1.165) is 25.3 Å². The van der Waals surface area contributed by atoms with Crippen LogP contribution in [0, 0.1) is 0 Å². The number of hydrogen-bond donors (Lipinski definition) is 1. The molecule has 0 aromatic rings. The molecule has 3 nitrogen and oxygen atoms in total. The first-order chi connectivity index (χ1) is 7.40. The highest BCUT2D eigenvalue weighted by molar-refractivity contribution is 4.83. The van der Waals surface area contributed by atoms with Crippen molar-refractivity contribution in [3.05, 3.63) is 0 Å². The molecule has 0 bridgehead atoms. The molecule has 2 saturated heterocycles. The first-order valence-electron chi connectivity index (χ1n) is 6.45. The summed E-state index contributed by atoms with van der Waals surface area (Å²) in [7, 11) is 0. The van der Waals surface area contributed by atoms with Crippen LogP contribution in [0.25, 0.3) is 0 Å². The van der Waals surface area contributed by atoms with Crippen molar-refractivity contribution in [3.63, 3.8) is 0 Å². The number of nitrogens with zero attached hydrogens (tertiary/aromatic N) is 1. The van der Waals surface area contributed by atoms with Gasteiger partial charge in [0.25, 0.3) is 0 Å². The molecule has 2 aliphatic heterocycles. The normalized spacial score (nSPS) is 29.8. The van der Waals surface area contributed by atoms with Crippen LogP contribution in [0.15, 0.2) is 0 Å². The minimum Gasteiger partial charge on any atom is -0.380 e. The molecule has 0 aliphatic carbocycles. The molecular formula is C12H24N2O. The van der Waals surface area contributed by atoms with E-state index in [1.54, 1.807) is 0 Å². The molecule has 3 heteroatoms. The molecule has 1 unspecified atom stereocenters. The van der Waals surface area contributed by atoms with Crippen LogP contribution < -0.4 is 5.32 Å². The van der Waals surface area contributed by atoms with E-state index in [1.165, 1.54) is 45.3 Å². The van der Waals surface area contributed by atoms with E-state index in [-0.39, 0.29) is 0 Å². The predicted molar refractivity (Wildman–Crippen MR) is 62.1 cm³/mol. The highest BCUT2D eigenvalue weighted by Gasteiger charge is 2.27. The summed E-state index contributed by atoms with van der Waals surface area (Å²) in [4.78, 5) is 2.62. The van der Waals surface area contributed by atoms with Crippen LogP contribution in [0.2, 0.25) is 0 Å². The molecule has 0 aromatic carbocycles. The van der Waals surface area contributed by atoms with Gasteiger partial charge in [-0.2, -0.15) is 0 Å². The summed E-state index contributed by atoms with van der Waals surface area (Å²) >= 11 is 0. The van der Waals surface area contributed by atoms with Gasteiger partial charge >= 0.3 is 0 Å². The second kappa shape index (κ2) is 5.83. The third-order valence-electron chi connectivity index (χ3n) is 3.63. The van der Waals surface area contributed by atoms with Gasteiger partial charge in [-0.3, -0.25) is 4.90 Å². The molecule has 0 aromatic heterocycles. The number of likely N-dealkylation sites (tertiary alicyclic amines) is 1. The zero-order valence-electron chi connectivity index (χ0n) is 9.87. The Bertz CT molecular complexity index is 172. The first kappa shape index (κ1) is 11.4. The van der Waals surface area contributed by atoms with Gasteiger partial charge < -0.3 is 10.1 Å². The Labute approximate surface area is 93.2 Å². The van der Waals surface area contributed by atoms with E-state index in [4.69, 9.17) is 4.74 Å². The molecule has 2 aliphatic rings. The lowest BCUT2D eigenvalue weighted by Crippen LogP contribution is -2.47. The van der Waals surface area contributed by atoms with Gasteiger partial charge in [-0.25, -0.2) is 0 Å². The third kappa shape index (κ3) is 3.16. The molecule has 88 valence electrons. The fourth-order valence-electron chi connectivity index (χ4n) is 2.63. The molecule has 0 spiro atoms. The zero-order valence-corrected chi connectivity index (χ0v) is 9.87. The SMILES string of the molecule is CCCNC1CCN(C2CCOC2)CC1. The van der Waals surface area contributed by atoms with Crippen molar-refractivity contribution in [2.45, 2.75) is 44.7 Å². The number of piperidine rings is 1. The van der Waals surface area contributed by atoms with Crippen molar-refractivity contribution < 1.29 is 4.74 Å². The van der Waals surface area contributed by atoms with Crippen LogP contribution in [-0.4, -0.2) is 49.8 Å². The van der Waals surface area contributed by atoms with Gasteiger partial charge in [-0.05, 0) is 32.2 Å². The lowest BCUT2D eigenvalue weighted by atomic mass is 10.0. The van der Waals surface area contributed by atoms with Crippen LogP contribution >= 0.6 is 0 Å². The van der Waals surface area contributed by atoms with Crippen molar-refractivity contribution >= 4 is 0 Å². The maximum atomic E-state index is 5.44. The average molecular weight is 212 g/mol. The Morgan fingerprint density at radius 1 is 1.27 bits per heavy atom. The smallest absolute Gasteiger partial charge is 0.0622 e. The number of ether oxygens (including phenoxy) is 1. The topological polar surface area (TPSA) is 24.5 Å². The second-order valence-corrected chi connectivity index (χ2v) is 4.78. The van der Waals surface area contributed by atoms with Crippen molar-refractivity contribution in [1.82, 2.24) is 10.2 Å². The highest BCUT2D eigenvalue weighted by atomic mass is 16.5. The van der Waals surface area contributed by atoms with E-state index in [1.807, 2.05) is 0 Å². The molecule has 1 atom stereocenters. The van der Waals surface area contributed by atoms with E-state index in [9.17, 15) is 0 Å². The zero-order chi connectivity index (χ0) is 10.5. The largest absolute Gasteiger partial charge is 0.380 e. The van der Waals surface area contributed by atoms with Crippen LogP contribution in [0.1, 0.15) is 32.6 Å². The summed E-state index contributed by atoms with van der Waals surface area (Å²) < 4.78 is 5.44. The second-order valence-electron chi connectivity index (χ2n) is 4.78. The van der Waals surface area contributed by atoms with Crippen LogP contribution in [0.4, 0.5) is 0 Å². The Morgan fingerprint density at radius 2 is 2.07 bits per heavy atom. The molecule has 2 fully saturated rings. The van der Waals surface area contributed by atoms with E-state index >= 15 is 0 Å². The summed E-state index contributed by atoms with van der Waals surface area (Å²) in [6.45, 7) is 7.87. The Hall–Kier alpha value is -0.120. The van der Waals surface area contributed by atoms with Crippen LogP contribution in [0.3, 0.4) is 0 Å². The van der Waals surface area contributed by atoms with Crippen LogP contribution in [0.5, 0.6) is 0 Å². The molecule has 0 saturated carbocycles.